The Morgan fingerprint density at radius 2 is 1.93 bits per heavy atom. The Bertz CT molecular complexity index is 369. The summed E-state index contributed by atoms with van der Waals surface area (Å²) in [6, 6.07) is 2.26. The number of Topliss-reactive ketones (excluding diaryl/α,β-unsaturated/α-hetero) is 1. The van der Waals surface area contributed by atoms with Gasteiger partial charge < -0.3 is 5.11 Å². The number of carbonyl (C=O) groups is 1. The van der Waals surface area contributed by atoms with Gasteiger partial charge in [0.15, 0.2) is 5.78 Å². The number of rotatable bonds is 1. The molecule has 0 aromatic heterocycles. The van der Waals surface area contributed by atoms with Gasteiger partial charge in [0.05, 0.1) is 5.56 Å². The molecule has 1 aromatic carbocycles. The van der Waals surface area contributed by atoms with E-state index in [1.54, 1.807) is 0 Å². The molecule has 0 bridgehead atoms. The summed E-state index contributed by atoms with van der Waals surface area (Å²) in [4.78, 5) is 10.8. The van der Waals surface area contributed by atoms with Crippen LogP contribution in [0, 0.1) is 0 Å². The number of halogens is 3. The molecule has 1 rings (SSSR count). The average molecular weight is 203 g/mol. The van der Waals surface area contributed by atoms with Gasteiger partial charge in [-0.3, -0.25) is 4.79 Å². The van der Waals surface area contributed by atoms with Crippen LogP contribution >= 0.6 is 0 Å². The first kappa shape index (κ1) is 10.6. The number of hydrogen-bond donors (Lipinski definition) is 0. The van der Waals surface area contributed by atoms with Crippen molar-refractivity contribution in [2.24, 2.45) is 0 Å². The summed E-state index contributed by atoms with van der Waals surface area (Å²) in [5.74, 6) is -1.47. The van der Waals surface area contributed by atoms with Crippen LogP contribution in [-0.2, 0) is 6.18 Å². The first-order valence-corrected chi connectivity index (χ1v) is 3.71. The maximum Gasteiger partial charge on any atom is 0.417 e. The standard InChI is InChI=1S/C9H7F3O2/c1-5(13)7-3-2-6(14)4-8(7)9(10,11)12/h2-4,14H,1H3/p-1. The van der Waals surface area contributed by atoms with Crippen LogP contribution in [0.3, 0.4) is 0 Å². The van der Waals surface area contributed by atoms with Gasteiger partial charge in [-0.05, 0) is 6.92 Å². The predicted octanol–water partition coefficient (Wildman–Crippen LogP) is 1.98. The van der Waals surface area contributed by atoms with Crippen LogP contribution in [0.25, 0.3) is 0 Å². The lowest BCUT2D eigenvalue weighted by atomic mass is 10.0. The molecule has 76 valence electrons. The molecule has 0 atom stereocenters. The third-order valence-electron chi connectivity index (χ3n) is 1.68. The first-order chi connectivity index (χ1) is 6.32. The summed E-state index contributed by atoms with van der Waals surface area (Å²) < 4.78 is 36.9. The van der Waals surface area contributed by atoms with Crippen LogP contribution in [0.4, 0.5) is 13.2 Å². The van der Waals surface area contributed by atoms with Crippen molar-refractivity contribution in [1.29, 1.82) is 0 Å². The van der Waals surface area contributed by atoms with E-state index in [2.05, 4.69) is 0 Å². The minimum Gasteiger partial charge on any atom is -0.872 e. The van der Waals surface area contributed by atoms with E-state index in [0.717, 1.165) is 19.1 Å². The van der Waals surface area contributed by atoms with Crippen molar-refractivity contribution in [2.45, 2.75) is 13.1 Å². The molecule has 5 heteroatoms. The Kier molecular flexibility index (Phi) is 2.51. The molecule has 0 radical (unpaired) electrons. The highest BCUT2D eigenvalue weighted by atomic mass is 19.4. The molecule has 2 nitrogen and oxygen atoms in total. The predicted molar refractivity (Wildman–Crippen MR) is 40.9 cm³/mol. The molecule has 0 saturated heterocycles. The van der Waals surface area contributed by atoms with Crippen molar-refractivity contribution in [3.63, 3.8) is 0 Å². The molecule has 0 unspecified atom stereocenters. The van der Waals surface area contributed by atoms with E-state index in [1.165, 1.54) is 0 Å². The Morgan fingerprint density at radius 1 is 1.36 bits per heavy atom. The first-order valence-electron chi connectivity index (χ1n) is 3.71. The van der Waals surface area contributed by atoms with E-state index in [-0.39, 0.29) is 0 Å². The third kappa shape index (κ3) is 2.04. The van der Waals surface area contributed by atoms with Crippen LogP contribution in [0.2, 0.25) is 0 Å². The zero-order valence-electron chi connectivity index (χ0n) is 7.18. The quantitative estimate of drug-likeness (QED) is 0.654. The average Bonchev–Trinajstić information content (AvgIpc) is 2.01. The molecule has 0 heterocycles. The van der Waals surface area contributed by atoms with Gasteiger partial charge in [0.25, 0.3) is 0 Å². The Morgan fingerprint density at radius 3 is 2.36 bits per heavy atom. The fraction of sp³-hybridized carbons (Fsp3) is 0.222. The van der Waals surface area contributed by atoms with E-state index < -0.39 is 28.8 Å². The Labute approximate surface area is 78.0 Å². The highest BCUT2D eigenvalue weighted by Gasteiger charge is 2.33. The SMILES string of the molecule is CC(=O)c1ccc([O-])cc1C(F)(F)F. The number of alkyl halides is 3. The second kappa shape index (κ2) is 3.32. The lowest BCUT2D eigenvalue weighted by molar-refractivity contribution is -0.268. The van der Waals surface area contributed by atoms with Gasteiger partial charge in [-0.2, -0.15) is 13.2 Å². The minimum atomic E-state index is -4.67. The molecule has 0 fully saturated rings. The van der Waals surface area contributed by atoms with Crippen LogP contribution in [0.5, 0.6) is 5.75 Å². The monoisotopic (exact) mass is 203 g/mol. The van der Waals surface area contributed by atoms with Crippen LogP contribution in [0.1, 0.15) is 22.8 Å². The van der Waals surface area contributed by atoms with Gasteiger partial charge in [0.2, 0.25) is 0 Å². The molecule has 1 aromatic rings. The van der Waals surface area contributed by atoms with Crippen molar-refractivity contribution in [1.82, 2.24) is 0 Å². The van der Waals surface area contributed by atoms with E-state index >= 15 is 0 Å². The zero-order chi connectivity index (χ0) is 10.9. The summed E-state index contributed by atoms with van der Waals surface area (Å²) in [5, 5.41) is 10.7. The topological polar surface area (TPSA) is 40.1 Å². The van der Waals surface area contributed by atoms with E-state index in [9.17, 15) is 23.1 Å². The van der Waals surface area contributed by atoms with E-state index in [0.29, 0.717) is 6.07 Å². The fourth-order valence-electron chi connectivity index (χ4n) is 1.06. The van der Waals surface area contributed by atoms with E-state index in [1.807, 2.05) is 0 Å². The zero-order valence-corrected chi connectivity index (χ0v) is 7.18. The molecule has 0 amide bonds. The third-order valence-corrected chi connectivity index (χ3v) is 1.68. The summed E-state index contributed by atoms with van der Waals surface area (Å²) in [6.45, 7) is 1.02. The van der Waals surface area contributed by atoms with Gasteiger partial charge in [-0.25, -0.2) is 0 Å². The summed E-state index contributed by atoms with van der Waals surface area (Å²) in [5.41, 5.74) is -1.64. The largest absolute Gasteiger partial charge is 0.872 e. The molecular weight excluding hydrogens is 197 g/mol. The number of ketones is 1. The summed E-state index contributed by atoms with van der Waals surface area (Å²) in [7, 11) is 0. The number of benzene rings is 1. The lowest BCUT2D eigenvalue weighted by Gasteiger charge is -2.14. The van der Waals surface area contributed by atoms with Gasteiger partial charge in [0.1, 0.15) is 0 Å². The maximum absolute atomic E-state index is 12.3. The van der Waals surface area contributed by atoms with Crippen LogP contribution in [-0.4, -0.2) is 5.78 Å². The second-order valence-corrected chi connectivity index (χ2v) is 2.76. The fourth-order valence-corrected chi connectivity index (χ4v) is 1.06. The van der Waals surface area contributed by atoms with Crippen molar-refractivity contribution in [3.05, 3.63) is 29.3 Å². The summed E-state index contributed by atoms with van der Waals surface area (Å²) in [6.07, 6.45) is -4.67. The van der Waals surface area contributed by atoms with Gasteiger partial charge in [-0.1, -0.05) is 18.2 Å². The summed E-state index contributed by atoms with van der Waals surface area (Å²) >= 11 is 0. The van der Waals surface area contributed by atoms with E-state index in [4.69, 9.17) is 0 Å². The van der Waals surface area contributed by atoms with Crippen molar-refractivity contribution in [2.75, 3.05) is 0 Å². The smallest absolute Gasteiger partial charge is 0.417 e. The molecule has 0 aliphatic heterocycles. The Balaban J connectivity index is 3.38. The van der Waals surface area contributed by atoms with Gasteiger partial charge in [-0.15, -0.1) is 5.75 Å². The highest BCUT2D eigenvalue weighted by Crippen LogP contribution is 2.33. The molecule has 14 heavy (non-hydrogen) atoms. The highest BCUT2D eigenvalue weighted by molar-refractivity contribution is 5.95. The molecule has 0 N–H and O–H groups in total. The van der Waals surface area contributed by atoms with Crippen LogP contribution in [0.15, 0.2) is 18.2 Å². The Hall–Kier alpha value is -1.52. The van der Waals surface area contributed by atoms with Crippen molar-refractivity contribution in [3.8, 4) is 5.75 Å². The lowest BCUT2D eigenvalue weighted by Crippen LogP contribution is -2.12. The van der Waals surface area contributed by atoms with Gasteiger partial charge in [0, 0.05) is 5.56 Å². The molecule has 0 aliphatic rings. The van der Waals surface area contributed by atoms with Gasteiger partial charge >= 0.3 is 6.18 Å². The van der Waals surface area contributed by atoms with Crippen LogP contribution < -0.4 is 5.11 Å². The molecule has 0 spiro atoms. The number of carbonyl (C=O) groups excluding carboxylic acids is 1. The maximum atomic E-state index is 12.3. The van der Waals surface area contributed by atoms with Crippen molar-refractivity contribution >= 4 is 5.78 Å². The number of hydrogen-bond acceptors (Lipinski definition) is 2. The molecular formula is C9H6F3O2-. The second-order valence-electron chi connectivity index (χ2n) is 2.76. The minimum absolute atomic E-state index is 0.427. The van der Waals surface area contributed by atoms with Crippen molar-refractivity contribution < 1.29 is 23.1 Å². The molecule has 0 aliphatic carbocycles. The normalized spacial score (nSPS) is 11.4. The molecule has 0 saturated carbocycles.